The standard InChI is InChI=1S/C27H26N6O6S/c1-17(18-10-12-21(13-11-18)33(35)36)28-29-24(34)16-40-27-31-30-26(32(27)20-8-6-5-7-9-20)19-14-22(37-2)25(39-4)23(15-19)38-3/h5-15H,16H2,1-4H3,(H,29,34)/b28-17-. The number of rotatable bonds is 11. The average molecular weight is 563 g/mol. The molecule has 0 saturated carbocycles. The highest BCUT2D eigenvalue weighted by molar-refractivity contribution is 7.99. The number of hydrazone groups is 1. The van der Waals surface area contributed by atoms with Gasteiger partial charge in [-0.25, -0.2) is 5.43 Å². The lowest BCUT2D eigenvalue weighted by Gasteiger charge is -2.15. The minimum absolute atomic E-state index is 0.0112. The van der Waals surface area contributed by atoms with Crippen molar-refractivity contribution in [3.8, 4) is 34.3 Å². The van der Waals surface area contributed by atoms with Gasteiger partial charge in [0, 0.05) is 23.4 Å². The number of nitro groups is 1. The predicted molar refractivity (Wildman–Crippen MR) is 151 cm³/mol. The molecule has 12 nitrogen and oxygen atoms in total. The average Bonchev–Trinajstić information content (AvgIpc) is 3.42. The molecule has 4 rings (SSSR count). The number of carbonyl (C=O) groups is 1. The molecular formula is C27H26N6O6S. The minimum atomic E-state index is -0.476. The summed E-state index contributed by atoms with van der Waals surface area (Å²) in [5.74, 6) is 1.56. The second-order valence-corrected chi connectivity index (χ2v) is 9.16. The van der Waals surface area contributed by atoms with Gasteiger partial charge in [-0.05, 0) is 48.9 Å². The van der Waals surface area contributed by atoms with E-state index in [0.29, 0.717) is 45.1 Å². The van der Waals surface area contributed by atoms with Crippen molar-refractivity contribution in [2.45, 2.75) is 12.1 Å². The number of benzene rings is 3. The third-order valence-corrected chi connectivity index (χ3v) is 6.68. The van der Waals surface area contributed by atoms with Crippen LogP contribution in [-0.4, -0.2) is 58.4 Å². The van der Waals surface area contributed by atoms with E-state index in [1.54, 1.807) is 31.2 Å². The Balaban J connectivity index is 1.57. The Morgan fingerprint density at radius 1 is 1.00 bits per heavy atom. The van der Waals surface area contributed by atoms with Gasteiger partial charge in [0.2, 0.25) is 5.75 Å². The number of aromatic nitrogens is 3. The van der Waals surface area contributed by atoms with E-state index in [1.807, 2.05) is 34.9 Å². The molecule has 3 aromatic carbocycles. The number of nitrogens with one attached hydrogen (secondary N) is 1. The Kier molecular flexibility index (Phi) is 8.96. The van der Waals surface area contributed by atoms with E-state index >= 15 is 0 Å². The number of nitro benzene ring substituents is 1. The van der Waals surface area contributed by atoms with Crippen LogP contribution in [0, 0.1) is 10.1 Å². The molecule has 0 fully saturated rings. The molecule has 4 aromatic rings. The highest BCUT2D eigenvalue weighted by Gasteiger charge is 2.21. The van der Waals surface area contributed by atoms with Crippen LogP contribution in [0.5, 0.6) is 17.2 Å². The molecule has 1 amide bonds. The first kappa shape index (κ1) is 28.1. The van der Waals surface area contributed by atoms with Crippen LogP contribution in [0.4, 0.5) is 5.69 Å². The zero-order valence-electron chi connectivity index (χ0n) is 22.2. The van der Waals surface area contributed by atoms with Gasteiger partial charge in [0.05, 0.1) is 37.7 Å². The van der Waals surface area contributed by atoms with Crippen LogP contribution in [0.2, 0.25) is 0 Å². The lowest BCUT2D eigenvalue weighted by Crippen LogP contribution is -2.21. The molecule has 0 radical (unpaired) electrons. The van der Waals surface area contributed by atoms with Crippen molar-refractivity contribution >= 4 is 29.1 Å². The van der Waals surface area contributed by atoms with Crippen molar-refractivity contribution in [1.29, 1.82) is 0 Å². The summed E-state index contributed by atoms with van der Waals surface area (Å²) in [6, 6.07) is 19.0. The molecule has 1 N–H and O–H groups in total. The van der Waals surface area contributed by atoms with Gasteiger partial charge in [0.25, 0.3) is 11.6 Å². The Bertz CT molecular complexity index is 1510. The number of para-hydroxylation sites is 1. The smallest absolute Gasteiger partial charge is 0.269 e. The van der Waals surface area contributed by atoms with Gasteiger partial charge in [-0.15, -0.1) is 10.2 Å². The van der Waals surface area contributed by atoms with E-state index in [9.17, 15) is 14.9 Å². The van der Waals surface area contributed by atoms with Crippen LogP contribution in [0.25, 0.3) is 17.1 Å². The first-order chi connectivity index (χ1) is 19.4. The van der Waals surface area contributed by atoms with Gasteiger partial charge in [-0.2, -0.15) is 5.10 Å². The Morgan fingerprint density at radius 2 is 1.65 bits per heavy atom. The van der Waals surface area contributed by atoms with Crippen molar-refractivity contribution in [3.05, 3.63) is 82.4 Å². The van der Waals surface area contributed by atoms with E-state index < -0.39 is 4.92 Å². The third kappa shape index (κ3) is 6.21. The lowest BCUT2D eigenvalue weighted by molar-refractivity contribution is -0.384. The van der Waals surface area contributed by atoms with Gasteiger partial charge in [0.15, 0.2) is 22.5 Å². The first-order valence-electron chi connectivity index (χ1n) is 11.9. The second kappa shape index (κ2) is 12.8. The summed E-state index contributed by atoms with van der Waals surface area (Å²) in [5.41, 5.74) is 5.12. The maximum Gasteiger partial charge on any atom is 0.269 e. The quantitative estimate of drug-likeness (QED) is 0.121. The Labute approximate surface area is 234 Å². The molecule has 0 atom stereocenters. The van der Waals surface area contributed by atoms with Gasteiger partial charge < -0.3 is 14.2 Å². The Hall–Kier alpha value is -4.91. The van der Waals surface area contributed by atoms with E-state index in [1.165, 1.54) is 45.2 Å². The molecule has 0 bridgehead atoms. The number of thioether (sulfide) groups is 1. The number of methoxy groups -OCH3 is 3. The summed E-state index contributed by atoms with van der Waals surface area (Å²) in [7, 11) is 4.60. The molecular weight excluding hydrogens is 536 g/mol. The molecule has 0 aliphatic heterocycles. The molecule has 0 aliphatic rings. The fourth-order valence-electron chi connectivity index (χ4n) is 3.77. The summed E-state index contributed by atoms with van der Waals surface area (Å²) in [5, 5.41) is 24.2. The van der Waals surface area contributed by atoms with Gasteiger partial charge in [0.1, 0.15) is 0 Å². The number of carbonyl (C=O) groups excluding carboxylic acids is 1. The first-order valence-corrected chi connectivity index (χ1v) is 12.9. The zero-order valence-corrected chi connectivity index (χ0v) is 23.0. The van der Waals surface area contributed by atoms with Crippen LogP contribution in [0.15, 0.2) is 77.0 Å². The molecule has 1 aromatic heterocycles. The topological polar surface area (TPSA) is 143 Å². The molecule has 1 heterocycles. The molecule has 206 valence electrons. The minimum Gasteiger partial charge on any atom is -0.493 e. The molecule has 0 aliphatic carbocycles. The number of nitrogens with zero attached hydrogens (tertiary/aromatic N) is 5. The van der Waals surface area contributed by atoms with E-state index in [0.717, 1.165) is 5.69 Å². The van der Waals surface area contributed by atoms with Crippen LogP contribution < -0.4 is 19.6 Å². The Morgan fingerprint density at radius 3 is 2.23 bits per heavy atom. The molecule has 40 heavy (non-hydrogen) atoms. The van der Waals surface area contributed by atoms with Crippen LogP contribution >= 0.6 is 11.8 Å². The number of non-ortho nitro benzene ring substituents is 1. The van der Waals surface area contributed by atoms with Crippen LogP contribution in [0.1, 0.15) is 12.5 Å². The van der Waals surface area contributed by atoms with Crippen molar-refractivity contribution in [1.82, 2.24) is 20.2 Å². The number of hydrogen-bond donors (Lipinski definition) is 1. The zero-order chi connectivity index (χ0) is 28.6. The van der Waals surface area contributed by atoms with E-state index in [2.05, 4.69) is 20.7 Å². The van der Waals surface area contributed by atoms with Crippen molar-refractivity contribution < 1.29 is 23.9 Å². The summed E-state index contributed by atoms with van der Waals surface area (Å²) in [6.45, 7) is 1.70. The van der Waals surface area contributed by atoms with Gasteiger partial charge in [-0.1, -0.05) is 30.0 Å². The summed E-state index contributed by atoms with van der Waals surface area (Å²) in [6.07, 6.45) is 0. The maximum atomic E-state index is 12.6. The van der Waals surface area contributed by atoms with Crippen LogP contribution in [-0.2, 0) is 4.79 Å². The predicted octanol–water partition coefficient (Wildman–Crippen LogP) is 4.50. The molecule has 0 saturated heterocycles. The molecule has 0 spiro atoms. The van der Waals surface area contributed by atoms with E-state index in [4.69, 9.17) is 14.2 Å². The largest absolute Gasteiger partial charge is 0.493 e. The lowest BCUT2D eigenvalue weighted by atomic mass is 10.1. The van der Waals surface area contributed by atoms with Crippen molar-refractivity contribution in [2.75, 3.05) is 27.1 Å². The summed E-state index contributed by atoms with van der Waals surface area (Å²) < 4.78 is 18.3. The number of amides is 1. The van der Waals surface area contributed by atoms with Crippen molar-refractivity contribution in [2.24, 2.45) is 5.10 Å². The molecule has 13 heteroatoms. The molecule has 0 unspecified atom stereocenters. The highest BCUT2D eigenvalue weighted by atomic mass is 32.2. The van der Waals surface area contributed by atoms with E-state index in [-0.39, 0.29) is 17.3 Å². The van der Waals surface area contributed by atoms with Crippen molar-refractivity contribution in [3.63, 3.8) is 0 Å². The highest BCUT2D eigenvalue weighted by Crippen LogP contribution is 2.41. The fraction of sp³-hybridized carbons (Fsp3) is 0.185. The second-order valence-electron chi connectivity index (χ2n) is 8.22. The number of ether oxygens (including phenoxy) is 3. The summed E-state index contributed by atoms with van der Waals surface area (Å²) in [4.78, 5) is 23.0. The maximum absolute atomic E-state index is 12.6. The summed E-state index contributed by atoms with van der Waals surface area (Å²) >= 11 is 1.19. The number of hydrogen-bond acceptors (Lipinski definition) is 10. The monoisotopic (exact) mass is 562 g/mol. The van der Waals surface area contributed by atoms with Gasteiger partial charge in [-0.3, -0.25) is 19.5 Å². The fourth-order valence-corrected chi connectivity index (χ4v) is 4.51. The van der Waals surface area contributed by atoms with Crippen LogP contribution in [0.3, 0.4) is 0 Å². The van der Waals surface area contributed by atoms with Gasteiger partial charge >= 0.3 is 0 Å². The normalized spacial score (nSPS) is 11.2. The third-order valence-electron chi connectivity index (χ3n) is 5.75. The SMILES string of the molecule is COc1cc(-c2nnc(SCC(=O)N/N=C(/C)c3ccc([N+](=O)[O-])cc3)n2-c2ccccc2)cc(OC)c1OC.